The highest BCUT2D eigenvalue weighted by Crippen LogP contribution is 2.32. The van der Waals surface area contributed by atoms with Gasteiger partial charge in [0.2, 0.25) is 6.79 Å². The summed E-state index contributed by atoms with van der Waals surface area (Å²) in [6, 6.07) is 4.95. The molecule has 7 heteroatoms. The van der Waals surface area contributed by atoms with Crippen molar-refractivity contribution in [3.8, 4) is 11.5 Å². The number of ether oxygens (including phenoxy) is 2. The highest BCUT2D eigenvalue weighted by molar-refractivity contribution is 14.1. The molecule has 122 valence electrons. The van der Waals surface area contributed by atoms with E-state index in [1.807, 2.05) is 29.5 Å². The van der Waals surface area contributed by atoms with Gasteiger partial charge in [0.1, 0.15) is 5.76 Å². The summed E-state index contributed by atoms with van der Waals surface area (Å²) in [6.07, 6.45) is 1.78. The van der Waals surface area contributed by atoms with Crippen molar-refractivity contribution in [3.63, 3.8) is 0 Å². The molecule has 0 saturated carbocycles. The number of carbonyl (C=O) groups excluding carboxylic acids is 1. The quantitative estimate of drug-likeness (QED) is 0.192. The fourth-order valence-corrected chi connectivity index (χ4v) is 2.46. The predicted molar refractivity (Wildman–Crippen MR) is 96.2 cm³/mol. The average molecular weight is 428 g/mol. The Labute approximate surface area is 148 Å². The first-order valence-electron chi connectivity index (χ1n) is 6.90. The van der Waals surface area contributed by atoms with E-state index in [2.05, 4.69) is 10.3 Å². The number of rotatable bonds is 3. The molecule has 6 nitrogen and oxygen atoms in total. The summed E-state index contributed by atoms with van der Waals surface area (Å²) in [5, 5.41) is 12.6. The van der Waals surface area contributed by atoms with E-state index in [1.165, 1.54) is 0 Å². The highest BCUT2D eigenvalue weighted by atomic mass is 127. The lowest BCUT2D eigenvalue weighted by atomic mass is 10.2. The van der Waals surface area contributed by atoms with Gasteiger partial charge in [-0.15, -0.1) is 0 Å². The van der Waals surface area contributed by atoms with Crippen LogP contribution in [0.25, 0.3) is 0 Å². The Morgan fingerprint density at radius 1 is 1.35 bits per heavy atom. The van der Waals surface area contributed by atoms with Crippen LogP contribution in [0.15, 0.2) is 46.3 Å². The topological polar surface area (TPSA) is 80.2 Å². The number of aliphatic hydroxyl groups excluding tert-OH is 1. The van der Waals surface area contributed by atoms with Crippen LogP contribution in [0.2, 0.25) is 0 Å². The summed E-state index contributed by atoms with van der Waals surface area (Å²) < 4.78 is 10.8. The van der Waals surface area contributed by atoms with Gasteiger partial charge in [0.25, 0.3) is 5.91 Å². The van der Waals surface area contributed by atoms with E-state index in [9.17, 15) is 9.90 Å². The standard InChI is InChI=1S/C16H17IN2O4/c1-4-9(2)14(20)10(3)18-16(17)19-15(21)11-5-6-12-13(7-11)23-8-22-12/h4-7,20H,8H2,1-3H3,(H,18,19,21)/b9-4+,14-10+. The second-order valence-electron chi connectivity index (χ2n) is 4.83. The maximum absolute atomic E-state index is 12.2. The summed E-state index contributed by atoms with van der Waals surface area (Å²) in [5.74, 6) is 0.947. The molecule has 1 aliphatic rings. The number of halogens is 1. The Morgan fingerprint density at radius 2 is 2.04 bits per heavy atom. The number of fused-ring (bicyclic) bond motifs is 1. The van der Waals surface area contributed by atoms with Crippen molar-refractivity contribution in [2.24, 2.45) is 4.99 Å². The molecule has 0 saturated heterocycles. The number of aliphatic hydroxyl groups is 1. The first-order chi connectivity index (χ1) is 10.9. The molecule has 0 radical (unpaired) electrons. The fourth-order valence-electron chi connectivity index (χ4n) is 1.85. The summed E-state index contributed by atoms with van der Waals surface area (Å²) in [6.45, 7) is 5.45. The molecule has 0 spiro atoms. The SMILES string of the molecule is C/C=C(C)/C(O)=C(/C)N=C(I)NC(=O)c1ccc2c(c1)OCO2. The zero-order valence-electron chi connectivity index (χ0n) is 13.0. The van der Waals surface area contributed by atoms with Gasteiger partial charge < -0.3 is 19.9 Å². The lowest BCUT2D eigenvalue weighted by molar-refractivity contribution is 0.0977. The number of nitrogens with zero attached hydrogens (tertiary/aromatic N) is 1. The van der Waals surface area contributed by atoms with Gasteiger partial charge in [0, 0.05) is 5.56 Å². The molecule has 1 aromatic carbocycles. The lowest BCUT2D eigenvalue weighted by Gasteiger charge is -2.06. The number of benzene rings is 1. The Kier molecular flexibility index (Phi) is 5.64. The molecule has 2 N–H and O–H groups in total. The van der Waals surface area contributed by atoms with Crippen LogP contribution in [0, 0.1) is 0 Å². The van der Waals surface area contributed by atoms with Crippen LogP contribution < -0.4 is 14.8 Å². The first-order valence-corrected chi connectivity index (χ1v) is 7.98. The van der Waals surface area contributed by atoms with Crippen LogP contribution in [-0.2, 0) is 0 Å². The van der Waals surface area contributed by atoms with Gasteiger partial charge in [0.15, 0.2) is 15.3 Å². The number of allylic oxidation sites excluding steroid dienone is 3. The molecule has 0 atom stereocenters. The molecule has 0 fully saturated rings. The van der Waals surface area contributed by atoms with Crippen LogP contribution in [0.4, 0.5) is 0 Å². The van der Waals surface area contributed by atoms with Crippen molar-refractivity contribution in [2.45, 2.75) is 20.8 Å². The summed E-state index contributed by atoms with van der Waals surface area (Å²) in [7, 11) is 0. The zero-order valence-corrected chi connectivity index (χ0v) is 15.2. The molecule has 1 aromatic rings. The van der Waals surface area contributed by atoms with Crippen LogP contribution in [0.1, 0.15) is 31.1 Å². The van der Waals surface area contributed by atoms with E-state index in [4.69, 9.17) is 9.47 Å². The van der Waals surface area contributed by atoms with Gasteiger partial charge >= 0.3 is 0 Å². The van der Waals surface area contributed by atoms with Crippen LogP contribution >= 0.6 is 22.6 Å². The van der Waals surface area contributed by atoms with Crippen molar-refractivity contribution < 1.29 is 19.4 Å². The minimum Gasteiger partial charge on any atom is -0.506 e. The van der Waals surface area contributed by atoms with Crippen molar-refractivity contribution in [3.05, 3.63) is 46.9 Å². The minimum atomic E-state index is -0.313. The van der Waals surface area contributed by atoms with Crippen molar-refractivity contribution >= 4 is 32.3 Å². The Morgan fingerprint density at radius 3 is 2.74 bits per heavy atom. The van der Waals surface area contributed by atoms with Crippen LogP contribution in [0.3, 0.4) is 0 Å². The molecule has 0 bridgehead atoms. The Balaban J connectivity index is 2.12. The van der Waals surface area contributed by atoms with E-state index in [0.29, 0.717) is 26.6 Å². The highest BCUT2D eigenvalue weighted by Gasteiger charge is 2.16. The van der Waals surface area contributed by atoms with Gasteiger partial charge in [0.05, 0.1) is 5.70 Å². The normalized spacial score (nSPS) is 15.3. The molecule has 1 amide bonds. The predicted octanol–water partition coefficient (Wildman–Crippen LogP) is 3.69. The number of hydrogen-bond donors (Lipinski definition) is 2. The number of aliphatic imine (C=N–C) groups is 1. The van der Waals surface area contributed by atoms with Gasteiger partial charge in [-0.05, 0) is 67.1 Å². The van der Waals surface area contributed by atoms with Gasteiger partial charge in [-0.25, -0.2) is 4.99 Å². The van der Waals surface area contributed by atoms with E-state index in [0.717, 1.165) is 5.57 Å². The lowest BCUT2D eigenvalue weighted by Crippen LogP contribution is -2.26. The van der Waals surface area contributed by atoms with Crippen LogP contribution in [0.5, 0.6) is 11.5 Å². The van der Waals surface area contributed by atoms with Crippen molar-refractivity contribution in [2.75, 3.05) is 6.79 Å². The van der Waals surface area contributed by atoms with Crippen molar-refractivity contribution in [1.82, 2.24) is 5.32 Å². The Hall–Kier alpha value is -2.03. The monoisotopic (exact) mass is 428 g/mol. The Bertz CT molecular complexity index is 723. The molecular weight excluding hydrogens is 411 g/mol. The zero-order chi connectivity index (χ0) is 17.0. The van der Waals surface area contributed by atoms with Crippen molar-refractivity contribution in [1.29, 1.82) is 0 Å². The molecule has 23 heavy (non-hydrogen) atoms. The number of amides is 1. The minimum absolute atomic E-state index is 0.0963. The summed E-state index contributed by atoms with van der Waals surface area (Å²) in [5.41, 5.74) is 1.59. The number of hydrogen-bond acceptors (Lipinski definition) is 5. The molecule has 2 rings (SSSR count). The molecule has 1 heterocycles. The maximum atomic E-state index is 12.2. The number of nitrogens with one attached hydrogen (secondary N) is 1. The molecule has 0 aliphatic carbocycles. The third kappa shape index (κ3) is 4.25. The maximum Gasteiger partial charge on any atom is 0.257 e. The number of amidine groups is 1. The second-order valence-corrected chi connectivity index (χ2v) is 5.85. The summed E-state index contributed by atoms with van der Waals surface area (Å²) in [4.78, 5) is 16.4. The fraction of sp³-hybridized carbons (Fsp3) is 0.250. The van der Waals surface area contributed by atoms with E-state index >= 15 is 0 Å². The van der Waals surface area contributed by atoms with Gasteiger partial charge in [-0.3, -0.25) is 4.79 Å². The molecular formula is C16H17IN2O4. The van der Waals surface area contributed by atoms with Gasteiger partial charge in [-0.2, -0.15) is 0 Å². The number of carbonyl (C=O) groups is 1. The van der Waals surface area contributed by atoms with Crippen LogP contribution in [-0.4, -0.2) is 21.6 Å². The largest absolute Gasteiger partial charge is 0.506 e. The first kappa shape index (κ1) is 17.3. The van der Waals surface area contributed by atoms with E-state index < -0.39 is 0 Å². The third-order valence-electron chi connectivity index (χ3n) is 3.27. The molecule has 0 unspecified atom stereocenters. The third-order valence-corrected chi connectivity index (χ3v) is 3.78. The second kappa shape index (κ2) is 7.49. The average Bonchev–Trinajstić information content (AvgIpc) is 3.00. The summed E-state index contributed by atoms with van der Waals surface area (Å²) >= 11 is 1.90. The molecule has 1 aliphatic heterocycles. The van der Waals surface area contributed by atoms with E-state index in [1.54, 1.807) is 38.1 Å². The van der Waals surface area contributed by atoms with Gasteiger partial charge in [-0.1, -0.05) is 6.08 Å². The molecule has 0 aromatic heterocycles. The smallest absolute Gasteiger partial charge is 0.257 e. The van der Waals surface area contributed by atoms with E-state index in [-0.39, 0.29) is 18.5 Å².